The number of hydrogen-bond donors (Lipinski definition) is 9. The maximum absolute atomic E-state index is 13.8. The van der Waals surface area contributed by atoms with Gasteiger partial charge in [0.15, 0.2) is 0 Å². The molecule has 0 amide bonds. The van der Waals surface area contributed by atoms with E-state index in [1.54, 1.807) is 12.1 Å². The van der Waals surface area contributed by atoms with Crippen molar-refractivity contribution in [2.75, 3.05) is 13.2 Å². The van der Waals surface area contributed by atoms with Crippen molar-refractivity contribution in [1.82, 2.24) is 25.7 Å². The maximum atomic E-state index is 13.8. The molecule has 244 valence electrons. The first-order chi connectivity index (χ1) is 21.6. The van der Waals surface area contributed by atoms with Crippen LogP contribution < -0.4 is 16.6 Å². The van der Waals surface area contributed by atoms with Crippen LogP contribution in [0.2, 0.25) is 0 Å². The molecule has 17 heteroatoms. The average molecular weight is 653 g/mol. The van der Waals surface area contributed by atoms with Gasteiger partial charge in [0.25, 0.3) is 0 Å². The van der Waals surface area contributed by atoms with Gasteiger partial charge in [0.05, 0.1) is 31.1 Å². The molecule has 0 saturated carbocycles. The zero-order valence-corrected chi connectivity index (χ0v) is 24.4. The van der Waals surface area contributed by atoms with E-state index in [-0.39, 0.29) is 11.4 Å². The minimum absolute atomic E-state index is 0.226. The highest BCUT2D eigenvalue weighted by molar-refractivity contribution is 8.00. The predicted octanol–water partition coefficient (Wildman–Crippen LogP) is -1.20. The number of thioether (sulfide) groups is 1. The molecule has 10 atom stereocenters. The fourth-order valence-electron chi connectivity index (χ4n) is 5.27. The fraction of sp³-hybridized carbons (Fsp3) is 0.429. The van der Waals surface area contributed by atoms with Crippen LogP contribution in [0.5, 0.6) is 0 Å². The van der Waals surface area contributed by atoms with Gasteiger partial charge < -0.3 is 50.9 Å². The first kappa shape index (κ1) is 33.1. The molecule has 3 aromatic rings. The molecule has 3 heterocycles. The maximum Gasteiger partial charge on any atom is 0.134 e. The third kappa shape index (κ3) is 7.12. The number of benzene rings is 2. The van der Waals surface area contributed by atoms with Crippen molar-refractivity contribution in [2.45, 2.75) is 59.6 Å². The molecular weight excluding hydrogens is 618 g/mol. The summed E-state index contributed by atoms with van der Waals surface area (Å²) in [6.07, 6.45) is -5.48. The summed E-state index contributed by atoms with van der Waals surface area (Å²) >= 11 is 0.795. The summed E-state index contributed by atoms with van der Waals surface area (Å²) in [4.78, 5) is 0. The predicted molar refractivity (Wildman–Crippen MR) is 156 cm³/mol. The van der Waals surface area contributed by atoms with Crippen LogP contribution in [-0.4, -0.2) is 112 Å². The monoisotopic (exact) mass is 652 g/mol. The summed E-state index contributed by atoms with van der Waals surface area (Å²) in [5.41, 5.74) is 1.26. The lowest BCUT2D eigenvalue weighted by Crippen LogP contribution is -2.63. The van der Waals surface area contributed by atoms with Gasteiger partial charge in [0.2, 0.25) is 0 Å². The number of hydrazine groups is 1. The summed E-state index contributed by atoms with van der Waals surface area (Å²) in [6.45, 7) is -1.27. The number of rotatable bonds is 10. The van der Waals surface area contributed by atoms with Crippen molar-refractivity contribution in [3.63, 3.8) is 0 Å². The summed E-state index contributed by atoms with van der Waals surface area (Å²) in [5, 5.41) is 75.2. The molecule has 1 aromatic heterocycles. The first-order valence-electron chi connectivity index (χ1n) is 13.9. The van der Waals surface area contributed by atoms with Crippen LogP contribution in [0.4, 0.5) is 8.78 Å². The Morgan fingerprint density at radius 1 is 0.911 bits per heavy atom. The molecule has 14 nitrogen and oxygen atoms in total. The number of halogens is 2. The van der Waals surface area contributed by atoms with Crippen LogP contribution >= 0.6 is 11.8 Å². The summed E-state index contributed by atoms with van der Waals surface area (Å²) in [5.74, 6) is 4.61. The molecule has 2 aliphatic rings. The molecule has 2 fully saturated rings. The van der Waals surface area contributed by atoms with Gasteiger partial charge in [-0.25, -0.2) is 13.5 Å². The molecular formula is C28H34F2N6O8S. The van der Waals surface area contributed by atoms with E-state index in [4.69, 9.17) is 15.3 Å². The fourth-order valence-corrected chi connectivity index (χ4v) is 6.60. The van der Waals surface area contributed by atoms with Gasteiger partial charge in [-0.2, -0.15) is 0 Å². The zero-order chi connectivity index (χ0) is 32.2. The highest BCUT2D eigenvalue weighted by Gasteiger charge is 2.50. The number of nitrogens with zero attached hydrogens (tertiary/aromatic N) is 3. The smallest absolute Gasteiger partial charge is 0.134 e. The SMILES string of the molecule is NN/C(=C\NC1C(O)[C@H](SC2O[C@H](CO)C(O)C(n3cc(-c4cccc(F)c4)nn3)[C@H]2O)OC(CO)[C@@H]1O)c1cccc(F)c1. The summed E-state index contributed by atoms with van der Waals surface area (Å²) in [7, 11) is 0. The molecule has 0 bridgehead atoms. The van der Waals surface area contributed by atoms with Crippen LogP contribution in [-0.2, 0) is 9.47 Å². The molecule has 0 radical (unpaired) electrons. The largest absolute Gasteiger partial charge is 0.394 e. The second-order valence-electron chi connectivity index (χ2n) is 10.5. The molecule has 0 spiro atoms. The van der Waals surface area contributed by atoms with E-state index in [9.17, 15) is 39.4 Å². The van der Waals surface area contributed by atoms with Crippen LogP contribution in [0.1, 0.15) is 11.6 Å². The summed E-state index contributed by atoms with van der Waals surface area (Å²) < 4.78 is 40.3. The quantitative estimate of drug-likeness (QED) is 0.0928. The molecule has 0 aliphatic carbocycles. The van der Waals surface area contributed by atoms with Gasteiger partial charge in [-0.1, -0.05) is 41.2 Å². The second-order valence-corrected chi connectivity index (χ2v) is 11.7. The Morgan fingerprint density at radius 3 is 2.20 bits per heavy atom. The molecule has 2 saturated heterocycles. The third-order valence-electron chi connectivity index (χ3n) is 7.65. The standard InChI is InChI=1S/C28H34F2N6O8S/c29-15-5-1-3-13(7-15)17(33-31)9-32-21-23(39)19(11-37)43-27(25(21)41)45-28-26(42)22(24(40)20(12-38)44-28)36-10-18(34-35-36)14-4-2-6-16(30)8-14/h1-10,19-28,32-33,37-42H,11-12,31H2/b17-9-/t19?,20-,21?,22?,23+,24?,25?,26-,27+,28?/m1/s1. The van der Waals surface area contributed by atoms with Gasteiger partial charge >= 0.3 is 0 Å². The second kappa shape index (κ2) is 14.5. The molecule has 45 heavy (non-hydrogen) atoms. The lowest BCUT2D eigenvalue weighted by atomic mass is 9.97. The summed E-state index contributed by atoms with van der Waals surface area (Å²) in [6, 6.07) is 8.82. The third-order valence-corrected chi connectivity index (χ3v) is 8.97. The highest BCUT2D eigenvalue weighted by atomic mass is 32.2. The Morgan fingerprint density at radius 2 is 1.56 bits per heavy atom. The first-order valence-corrected chi connectivity index (χ1v) is 14.9. The van der Waals surface area contributed by atoms with Crippen molar-refractivity contribution in [1.29, 1.82) is 0 Å². The molecule has 2 aromatic carbocycles. The Labute approximate surface area is 260 Å². The molecule has 6 unspecified atom stereocenters. The average Bonchev–Trinajstić information content (AvgIpc) is 3.51. The van der Waals surface area contributed by atoms with E-state index in [2.05, 4.69) is 21.1 Å². The van der Waals surface area contributed by atoms with Crippen molar-refractivity contribution < 1.29 is 48.9 Å². The van der Waals surface area contributed by atoms with E-state index in [0.29, 0.717) is 11.1 Å². The van der Waals surface area contributed by atoms with E-state index < -0.39 is 84.4 Å². The van der Waals surface area contributed by atoms with E-state index in [0.717, 1.165) is 11.8 Å². The topological polar surface area (TPSA) is 221 Å². The number of aliphatic hydroxyl groups is 6. The van der Waals surface area contributed by atoms with Crippen molar-refractivity contribution in [3.05, 3.63) is 78.1 Å². The van der Waals surface area contributed by atoms with Crippen LogP contribution in [0.3, 0.4) is 0 Å². The van der Waals surface area contributed by atoms with Gasteiger partial charge in [0, 0.05) is 17.3 Å². The number of nitrogens with one attached hydrogen (secondary N) is 2. The Balaban J connectivity index is 1.36. The van der Waals surface area contributed by atoms with Crippen LogP contribution in [0.25, 0.3) is 17.0 Å². The number of nitrogens with two attached hydrogens (primary N) is 1. The van der Waals surface area contributed by atoms with Gasteiger partial charge in [-0.3, -0.25) is 5.84 Å². The van der Waals surface area contributed by atoms with Gasteiger partial charge in [-0.15, -0.1) is 5.10 Å². The van der Waals surface area contributed by atoms with Crippen molar-refractivity contribution >= 4 is 17.5 Å². The Bertz CT molecular complexity index is 1470. The molecule has 10 N–H and O–H groups in total. The van der Waals surface area contributed by atoms with E-state index in [1.165, 1.54) is 53.5 Å². The Kier molecular flexibility index (Phi) is 10.7. The lowest BCUT2D eigenvalue weighted by Gasteiger charge is -2.46. The van der Waals surface area contributed by atoms with Crippen molar-refractivity contribution in [2.24, 2.45) is 5.84 Å². The van der Waals surface area contributed by atoms with Crippen LogP contribution in [0.15, 0.2) is 60.9 Å². The van der Waals surface area contributed by atoms with Gasteiger partial charge in [-0.05, 0) is 24.3 Å². The molecule has 2 aliphatic heterocycles. The van der Waals surface area contributed by atoms with E-state index in [1.807, 2.05) is 0 Å². The minimum atomic E-state index is -1.50. The number of ether oxygens (including phenoxy) is 2. The van der Waals surface area contributed by atoms with Gasteiger partial charge in [0.1, 0.15) is 70.9 Å². The molecule has 5 rings (SSSR count). The number of aliphatic hydroxyl groups excluding tert-OH is 6. The minimum Gasteiger partial charge on any atom is -0.394 e. The Hall–Kier alpha value is -3.23. The van der Waals surface area contributed by atoms with Crippen LogP contribution in [0, 0.1) is 11.6 Å². The lowest BCUT2D eigenvalue weighted by molar-refractivity contribution is -0.184. The normalized spacial score (nSPS) is 32.3. The highest BCUT2D eigenvalue weighted by Crippen LogP contribution is 2.40. The number of aromatic nitrogens is 3. The van der Waals surface area contributed by atoms with E-state index >= 15 is 0 Å². The van der Waals surface area contributed by atoms with Crippen molar-refractivity contribution in [3.8, 4) is 11.3 Å². The zero-order valence-electron chi connectivity index (χ0n) is 23.5. The number of hydrogen-bond acceptors (Lipinski definition) is 14.